The molecule has 1 atom stereocenters. The van der Waals surface area contributed by atoms with Crippen LogP contribution in [0, 0.1) is 6.92 Å². The number of nitrogens with zero attached hydrogens (tertiary/aromatic N) is 4. The van der Waals surface area contributed by atoms with E-state index in [1.165, 1.54) is 12.8 Å². The molecule has 1 aliphatic carbocycles. The SMILES string of the molecule is Cc1cccc(C(=O)N2CCC(n3cc(C4CC4)nn3)C2)c1. The monoisotopic (exact) mass is 296 g/mol. The van der Waals surface area contributed by atoms with Crippen molar-refractivity contribution >= 4 is 5.91 Å². The number of aromatic nitrogens is 3. The molecule has 0 radical (unpaired) electrons. The third-order valence-corrected chi connectivity index (χ3v) is 4.61. The van der Waals surface area contributed by atoms with E-state index in [1.807, 2.05) is 40.8 Å². The van der Waals surface area contributed by atoms with Gasteiger partial charge in [-0.3, -0.25) is 4.79 Å². The smallest absolute Gasteiger partial charge is 0.253 e. The lowest BCUT2D eigenvalue weighted by atomic mass is 10.1. The molecule has 2 aliphatic rings. The molecule has 1 saturated heterocycles. The Hall–Kier alpha value is -2.17. The van der Waals surface area contributed by atoms with Crippen LogP contribution >= 0.6 is 0 Å². The third-order valence-electron chi connectivity index (χ3n) is 4.61. The molecule has 0 N–H and O–H groups in total. The zero-order valence-corrected chi connectivity index (χ0v) is 12.8. The highest BCUT2D eigenvalue weighted by Crippen LogP contribution is 2.39. The molecule has 1 unspecified atom stereocenters. The third kappa shape index (κ3) is 2.51. The van der Waals surface area contributed by atoms with Crippen LogP contribution in [0.3, 0.4) is 0 Å². The van der Waals surface area contributed by atoms with Gasteiger partial charge in [-0.15, -0.1) is 5.10 Å². The van der Waals surface area contributed by atoms with Crippen LogP contribution in [0.1, 0.15) is 52.8 Å². The highest BCUT2D eigenvalue weighted by molar-refractivity contribution is 5.94. The number of hydrogen-bond donors (Lipinski definition) is 0. The van der Waals surface area contributed by atoms with Gasteiger partial charge in [0.15, 0.2) is 0 Å². The Labute approximate surface area is 129 Å². The van der Waals surface area contributed by atoms with Crippen molar-refractivity contribution < 1.29 is 4.79 Å². The molecule has 22 heavy (non-hydrogen) atoms. The average molecular weight is 296 g/mol. The van der Waals surface area contributed by atoms with Crippen molar-refractivity contribution in [2.45, 2.75) is 38.1 Å². The number of carbonyl (C=O) groups is 1. The van der Waals surface area contributed by atoms with Gasteiger partial charge in [0.2, 0.25) is 0 Å². The fourth-order valence-corrected chi connectivity index (χ4v) is 3.14. The number of hydrogen-bond acceptors (Lipinski definition) is 3. The van der Waals surface area contributed by atoms with Crippen LogP contribution in [0.5, 0.6) is 0 Å². The largest absolute Gasteiger partial charge is 0.336 e. The van der Waals surface area contributed by atoms with Crippen molar-refractivity contribution in [1.29, 1.82) is 0 Å². The average Bonchev–Trinajstić information content (AvgIpc) is 3.06. The molecular formula is C17H20N4O. The van der Waals surface area contributed by atoms with Crippen LogP contribution in [0.25, 0.3) is 0 Å². The summed E-state index contributed by atoms with van der Waals surface area (Å²) in [4.78, 5) is 14.5. The fourth-order valence-electron chi connectivity index (χ4n) is 3.14. The van der Waals surface area contributed by atoms with Gasteiger partial charge < -0.3 is 4.90 Å². The van der Waals surface area contributed by atoms with E-state index in [2.05, 4.69) is 16.5 Å². The molecule has 5 nitrogen and oxygen atoms in total. The second kappa shape index (κ2) is 5.23. The van der Waals surface area contributed by atoms with E-state index >= 15 is 0 Å². The Balaban J connectivity index is 1.46. The van der Waals surface area contributed by atoms with Gasteiger partial charge in [0.25, 0.3) is 5.91 Å². The number of benzene rings is 1. The van der Waals surface area contributed by atoms with Crippen molar-refractivity contribution in [3.05, 3.63) is 47.3 Å². The van der Waals surface area contributed by atoms with Crippen molar-refractivity contribution in [3.63, 3.8) is 0 Å². The van der Waals surface area contributed by atoms with E-state index < -0.39 is 0 Å². The lowest BCUT2D eigenvalue weighted by Gasteiger charge is -2.16. The second-order valence-electron chi connectivity index (χ2n) is 6.46. The van der Waals surface area contributed by atoms with Gasteiger partial charge in [0, 0.05) is 30.8 Å². The van der Waals surface area contributed by atoms with E-state index in [0.717, 1.165) is 36.3 Å². The van der Waals surface area contributed by atoms with Crippen molar-refractivity contribution in [1.82, 2.24) is 19.9 Å². The van der Waals surface area contributed by atoms with Crippen LogP contribution < -0.4 is 0 Å². The van der Waals surface area contributed by atoms with E-state index in [1.54, 1.807) is 0 Å². The topological polar surface area (TPSA) is 51.0 Å². The van der Waals surface area contributed by atoms with Crippen LogP contribution in [-0.2, 0) is 0 Å². The summed E-state index contributed by atoms with van der Waals surface area (Å²) in [5, 5.41) is 8.54. The quantitative estimate of drug-likeness (QED) is 0.874. The molecule has 1 aromatic heterocycles. The van der Waals surface area contributed by atoms with Gasteiger partial charge in [0.1, 0.15) is 0 Å². The molecule has 2 heterocycles. The summed E-state index contributed by atoms with van der Waals surface area (Å²) >= 11 is 0. The van der Waals surface area contributed by atoms with Gasteiger partial charge in [-0.25, -0.2) is 4.68 Å². The maximum Gasteiger partial charge on any atom is 0.253 e. The maximum atomic E-state index is 12.6. The van der Waals surface area contributed by atoms with E-state index in [-0.39, 0.29) is 11.9 Å². The minimum absolute atomic E-state index is 0.119. The first-order valence-electron chi connectivity index (χ1n) is 7.98. The summed E-state index contributed by atoms with van der Waals surface area (Å²) in [5.74, 6) is 0.744. The number of likely N-dealkylation sites (tertiary alicyclic amines) is 1. The first-order valence-corrected chi connectivity index (χ1v) is 7.98. The summed E-state index contributed by atoms with van der Waals surface area (Å²) < 4.78 is 1.96. The number of amides is 1. The Morgan fingerprint density at radius 3 is 2.91 bits per heavy atom. The Kier molecular flexibility index (Phi) is 3.21. The standard InChI is InChI=1S/C17H20N4O/c1-12-3-2-4-14(9-12)17(22)20-8-7-15(10-20)21-11-16(18-19-21)13-5-6-13/h2-4,9,11,13,15H,5-8,10H2,1H3. The van der Waals surface area contributed by atoms with Crippen molar-refractivity contribution in [2.24, 2.45) is 0 Å². The van der Waals surface area contributed by atoms with Crippen LogP contribution in [0.4, 0.5) is 0 Å². The van der Waals surface area contributed by atoms with Crippen LogP contribution in [-0.4, -0.2) is 38.9 Å². The highest BCUT2D eigenvalue weighted by atomic mass is 16.2. The van der Waals surface area contributed by atoms with Gasteiger partial charge in [-0.2, -0.15) is 0 Å². The van der Waals surface area contributed by atoms with E-state index in [4.69, 9.17) is 0 Å². The molecule has 0 spiro atoms. The van der Waals surface area contributed by atoms with E-state index in [9.17, 15) is 4.79 Å². The first-order chi connectivity index (χ1) is 10.7. The van der Waals surface area contributed by atoms with Gasteiger partial charge in [0.05, 0.1) is 11.7 Å². The van der Waals surface area contributed by atoms with Crippen LogP contribution in [0.2, 0.25) is 0 Å². The van der Waals surface area contributed by atoms with Gasteiger partial charge >= 0.3 is 0 Å². The summed E-state index contributed by atoms with van der Waals surface area (Å²) in [6.45, 7) is 3.52. The van der Waals surface area contributed by atoms with Crippen molar-refractivity contribution in [3.8, 4) is 0 Å². The number of aryl methyl sites for hydroxylation is 1. The fraction of sp³-hybridized carbons (Fsp3) is 0.471. The molecule has 1 amide bonds. The predicted molar refractivity (Wildman–Crippen MR) is 82.7 cm³/mol. The molecule has 114 valence electrons. The predicted octanol–water partition coefficient (Wildman–Crippen LogP) is 2.55. The zero-order valence-electron chi connectivity index (χ0n) is 12.8. The summed E-state index contributed by atoms with van der Waals surface area (Å²) in [5.41, 5.74) is 3.01. The molecule has 2 aromatic rings. The maximum absolute atomic E-state index is 12.6. The van der Waals surface area contributed by atoms with Gasteiger partial charge in [-0.05, 0) is 38.3 Å². The normalized spacial score (nSPS) is 21.3. The Bertz CT molecular complexity index is 704. The lowest BCUT2D eigenvalue weighted by molar-refractivity contribution is 0.0787. The molecule has 0 bridgehead atoms. The molecule has 5 heteroatoms. The minimum atomic E-state index is 0.119. The Morgan fingerprint density at radius 2 is 2.14 bits per heavy atom. The summed E-state index contributed by atoms with van der Waals surface area (Å²) in [6.07, 6.45) is 5.50. The van der Waals surface area contributed by atoms with Gasteiger partial charge in [-0.1, -0.05) is 22.9 Å². The number of carbonyl (C=O) groups excluding carboxylic acids is 1. The molecule has 2 fully saturated rings. The van der Waals surface area contributed by atoms with Crippen molar-refractivity contribution in [2.75, 3.05) is 13.1 Å². The summed E-state index contributed by atoms with van der Waals surface area (Å²) in [7, 11) is 0. The molecule has 1 aliphatic heterocycles. The molecule has 4 rings (SSSR count). The second-order valence-corrected chi connectivity index (χ2v) is 6.46. The highest BCUT2D eigenvalue weighted by Gasteiger charge is 2.31. The lowest BCUT2D eigenvalue weighted by Crippen LogP contribution is -2.29. The molecular weight excluding hydrogens is 276 g/mol. The first kappa shape index (κ1) is 13.5. The molecule has 1 aromatic carbocycles. The summed E-state index contributed by atoms with van der Waals surface area (Å²) in [6, 6.07) is 8.06. The zero-order chi connectivity index (χ0) is 15.1. The van der Waals surface area contributed by atoms with E-state index in [0.29, 0.717) is 5.92 Å². The number of rotatable bonds is 3. The molecule has 1 saturated carbocycles. The minimum Gasteiger partial charge on any atom is -0.336 e. The van der Waals surface area contributed by atoms with Crippen LogP contribution in [0.15, 0.2) is 30.5 Å². The Morgan fingerprint density at radius 1 is 1.27 bits per heavy atom.